The molecule has 0 amide bonds. The van der Waals surface area contributed by atoms with Crippen LogP contribution >= 0.6 is 0 Å². The van der Waals surface area contributed by atoms with Gasteiger partial charge in [-0.05, 0) is 24.3 Å². The number of alkyl halides is 3. The first-order valence-electron chi connectivity index (χ1n) is 6.07. The van der Waals surface area contributed by atoms with Gasteiger partial charge >= 0.3 is 6.18 Å². The molecule has 0 fully saturated rings. The van der Waals surface area contributed by atoms with Crippen molar-refractivity contribution in [3.8, 4) is 0 Å². The van der Waals surface area contributed by atoms with Crippen molar-refractivity contribution in [2.75, 3.05) is 0 Å². The fraction of sp³-hybridized carbons (Fsp3) is 0.308. The van der Waals surface area contributed by atoms with Gasteiger partial charge in [0.15, 0.2) is 0 Å². The second kappa shape index (κ2) is 6.21. The van der Waals surface area contributed by atoms with E-state index in [-0.39, 0.29) is 18.7 Å². The van der Waals surface area contributed by atoms with Gasteiger partial charge in [0.2, 0.25) is 0 Å². The van der Waals surface area contributed by atoms with Gasteiger partial charge in [-0.15, -0.1) is 0 Å². The molecule has 0 aliphatic heterocycles. The van der Waals surface area contributed by atoms with E-state index in [9.17, 15) is 22.0 Å². The molecule has 0 radical (unpaired) electrons. The van der Waals surface area contributed by atoms with E-state index in [1.807, 2.05) is 0 Å². The Morgan fingerprint density at radius 2 is 1.86 bits per heavy atom. The number of aromatic nitrogens is 2. The highest BCUT2D eigenvalue weighted by Crippen LogP contribution is 2.17. The number of hydrogen-bond donors (Lipinski definition) is 1. The first-order valence-corrected chi connectivity index (χ1v) is 6.07. The summed E-state index contributed by atoms with van der Waals surface area (Å²) in [6.45, 7) is -0.956. The van der Waals surface area contributed by atoms with Crippen LogP contribution < -0.4 is 5.32 Å². The summed E-state index contributed by atoms with van der Waals surface area (Å²) in [5.74, 6) is -1.10. The summed E-state index contributed by atoms with van der Waals surface area (Å²) in [5.41, 5.74) is 0.529. The van der Waals surface area contributed by atoms with Crippen molar-refractivity contribution in [2.45, 2.75) is 25.8 Å². The highest BCUT2D eigenvalue weighted by molar-refractivity contribution is 5.18. The van der Waals surface area contributed by atoms with Crippen molar-refractivity contribution in [3.63, 3.8) is 0 Å². The molecular formula is C13H12F5N3. The Kier molecular flexibility index (Phi) is 4.56. The molecular weight excluding hydrogens is 293 g/mol. The number of nitrogens with zero attached hydrogens (tertiary/aromatic N) is 2. The molecule has 1 aromatic heterocycles. The van der Waals surface area contributed by atoms with Gasteiger partial charge in [-0.1, -0.05) is 0 Å². The van der Waals surface area contributed by atoms with Crippen LogP contribution in [0.1, 0.15) is 11.3 Å². The first-order chi connectivity index (χ1) is 9.83. The maximum atomic E-state index is 13.3. The van der Waals surface area contributed by atoms with E-state index in [0.717, 1.165) is 22.9 Å². The maximum Gasteiger partial charge on any atom is 0.408 e. The predicted molar refractivity (Wildman–Crippen MR) is 65.2 cm³/mol. The molecule has 1 N–H and O–H groups in total. The minimum atomic E-state index is -4.33. The molecule has 0 unspecified atom stereocenters. The van der Waals surface area contributed by atoms with Crippen LogP contribution in [0.2, 0.25) is 0 Å². The normalized spacial score (nSPS) is 11.9. The third-order valence-corrected chi connectivity index (χ3v) is 2.67. The number of halogens is 5. The topological polar surface area (TPSA) is 29.9 Å². The molecule has 0 saturated heterocycles. The Morgan fingerprint density at radius 3 is 2.57 bits per heavy atom. The van der Waals surface area contributed by atoms with Crippen molar-refractivity contribution in [3.05, 3.63) is 53.4 Å². The fourth-order valence-electron chi connectivity index (χ4n) is 1.77. The Morgan fingerprint density at radius 1 is 1.10 bits per heavy atom. The molecule has 21 heavy (non-hydrogen) atoms. The lowest BCUT2D eigenvalue weighted by Gasteiger charge is -2.06. The van der Waals surface area contributed by atoms with Crippen LogP contribution in [0.5, 0.6) is 0 Å². The van der Waals surface area contributed by atoms with Gasteiger partial charge in [-0.2, -0.15) is 18.3 Å². The summed E-state index contributed by atoms with van der Waals surface area (Å²) in [5, 5.41) is 6.53. The molecule has 1 heterocycles. The Hall–Kier alpha value is -1.96. The minimum Gasteiger partial charge on any atom is -0.307 e. The summed E-state index contributed by atoms with van der Waals surface area (Å²) < 4.78 is 63.5. The number of benzene rings is 1. The zero-order valence-corrected chi connectivity index (χ0v) is 10.8. The van der Waals surface area contributed by atoms with Gasteiger partial charge in [0.05, 0.1) is 5.69 Å². The molecule has 2 rings (SSSR count). The monoisotopic (exact) mass is 305 g/mol. The smallest absolute Gasteiger partial charge is 0.307 e. The van der Waals surface area contributed by atoms with E-state index < -0.39 is 24.4 Å². The second-order valence-corrected chi connectivity index (χ2v) is 4.46. The van der Waals surface area contributed by atoms with Gasteiger partial charge < -0.3 is 5.32 Å². The second-order valence-electron chi connectivity index (χ2n) is 4.46. The summed E-state index contributed by atoms with van der Waals surface area (Å²) >= 11 is 0. The summed E-state index contributed by atoms with van der Waals surface area (Å²) in [4.78, 5) is 0. The van der Waals surface area contributed by atoms with Crippen molar-refractivity contribution in [1.29, 1.82) is 0 Å². The standard InChI is InChI=1S/C13H12F5N3/c14-10-1-2-12(15)9(5-10)6-19-7-11-3-4-21(20-11)8-13(16,17)18/h1-5,19H,6-8H2. The van der Waals surface area contributed by atoms with E-state index in [1.165, 1.54) is 12.3 Å². The van der Waals surface area contributed by atoms with Crippen LogP contribution in [-0.4, -0.2) is 16.0 Å². The molecule has 0 atom stereocenters. The largest absolute Gasteiger partial charge is 0.408 e. The zero-order valence-electron chi connectivity index (χ0n) is 10.8. The third-order valence-electron chi connectivity index (χ3n) is 2.67. The lowest BCUT2D eigenvalue weighted by atomic mass is 10.2. The Labute approximate surface area is 117 Å². The SMILES string of the molecule is Fc1ccc(F)c(CNCc2ccn(CC(F)(F)F)n2)c1. The van der Waals surface area contributed by atoms with Crippen LogP contribution in [-0.2, 0) is 19.6 Å². The Bertz CT molecular complexity index is 606. The molecule has 1 aromatic carbocycles. The van der Waals surface area contributed by atoms with Gasteiger partial charge in [0.1, 0.15) is 18.2 Å². The van der Waals surface area contributed by atoms with Gasteiger partial charge in [-0.3, -0.25) is 4.68 Å². The van der Waals surface area contributed by atoms with Gasteiger partial charge in [-0.25, -0.2) is 8.78 Å². The highest BCUT2D eigenvalue weighted by atomic mass is 19.4. The summed E-state index contributed by atoms with van der Waals surface area (Å²) in [6.07, 6.45) is -3.12. The molecule has 114 valence electrons. The summed E-state index contributed by atoms with van der Waals surface area (Å²) in [6, 6.07) is 4.52. The average molecular weight is 305 g/mol. The average Bonchev–Trinajstić information content (AvgIpc) is 2.79. The van der Waals surface area contributed by atoms with Crippen LogP contribution in [0, 0.1) is 11.6 Å². The lowest BCUT2D eigenvalue weighted by molar-refractivity contribution is -0.142. The first kappa shape index (κ1) is 15.4. The fourth-order valence-corrected chi connectivity index (χ4v) is 1.77. The molecule has 0 spiro atoms. The van der Waals surface area contributed by atoms with Crippen molar-refractivity contribution in [1.82, 2.24) is 15.1 Å². The molecule has 3 nitrogen and oxygen atoms in total. The van der Waals surface area contributed by atoms with E-state index in [4.69, 9.17) is 0 Å². The summed E-state index contributed by atoms with van der Waals surface area (Å²) in [7, 11) is 0. The van der Waals surface area contributed by atoms with Crippen LogP contribution in [0.15, 0.2) is 30.5 Å². The number of nitrogens with one attached hydrogen (secondary N) is 1. The van der Waals surface area contributed by atoms with E-state index >= 15 is 0 Å². The molecule has 0 aliphatic carbocycles. The van der Waals surface area contributed by atoms with Crippen LogP contribution in [0.3, 0.4) is 0 Å². The molecule has 8 heteroatoms. The molecule has 2 aromatic rings. The predicted octanol–water partition coefficient (Wildman–Crippen LogP) is 3.01. The number of hydrogen-bond acceptors (Lipinski definition) is 2. The maximum absolute atomic E-state index is 13.3. The third kappa shape index (κ3) is 4.82. The number of rotatable bonds is 5. The van der Waals surface area contributed by atoms with Crippen molar-refractivity contribution < 1.29 is 22.0 Å². The highest BCUT2D eigenvalue weighted by Gasteiger charge is 2.28. The van der Waals surface area contributed by atoms with Gasteiger partial charge in [0, 0.05) is 24.8 Å². The van der Waals surface area contributed by atoms with E-state index in [2.05, 4.69) is 10.4 Å². The molecule has 0 bridgehead atoms. The van der Waals surface area contributed by atoms with Gasteiger partial charge in [0.25, 0.3) is 0 Å². The molecule has 0 aliphatic rings. The van der Waals surface area contributed by atoms with Crippen molar-refractivity contribution >= 4 is 0 Å². The minimum absolute atomic E-state index is 0.0513. The van der Waals surface area contributed by atoms with E-state index in [1.54, 1.807) is 0 Å². The van der Waals surface area contributed by atoms with Crippen LogP contribution in [0.4, 0.5) is 22.0 Å². The lowest BCUT2D eigenvalue weighted by Crippen LogP contribution is -2.19. The van der Waals surface area contributed by atoms with E-state index in [0.29, 0.717) is 5.69 Å². The quantitative estimate of drug-likeness (QED) is 0.861. The molecule has 0 saturated carbocycles. The zero-order chi connectivity index (χ0) is 15.5. The Balaban J connectivity index is 1.88. The van der Waals surface area contributed by atoms with Crippen molar-refractivity contribution in [2.24, 2.45) is 0 Å². The van der Waals surface area contributed by atoms with Crippen LogP contribution in [0.25, 0.3) is 0 Å².